The van der Waals surface area contributed by atoms with E-state index in [2.05, 4.69) is 52.6 Å². The molecular formula is C50H61N11O7. The van der Waals surface area contributed by atoms with Crippen LogP contribution in [0.3, 0.4) is 0 Å². The maximum Gasteiger partial charge on any atom is 0.251 e. The van der Waals surface area contributed by atoms with Gasteiger partial charge < -0.3 is 53.7 Å². The first-order valence-electron chi connectivity index (χ1n) is 23.5. The van der Waals surface area contributed by atoms with Gasteiger partial charge in [-0.3, -0.25) is 4.79 Å². The van der Waals surface area contributed by atoms with E-state index in [1.165, 1.54) is 0 Å². The Balaban J connectivity index is 0.000000170. The standard InChI is InChI=1S/C25H30N6O3.C25H31N5O4/c1-16-14-33-11-9-30(16)23-20-7-8-21(18-5-4-6-19(13-18)24(32)26-3)27-22(20)28-25(29-23)31-10-12-34-15-17(31)2;1-16-14-33-10-8-29(16)24-20-5-6-21(18-4-7-22(32-3)19(12-18)13-31)26-23(20)27-25(28-24)30-9-11-34-15-17(30)2/h4-8,13,16-17H,9-12,14-15H2,1-3H3,(H,26,32);4-7,12,16-17,31H,8-11,13-15H2,1-3H3/t2*16-,17-/m00/s1. The molecule has 4 aliphatic heterocycles. The van der Waals surface area contributed by atoms with Crippen molar-refractivity contribution < 1.29 is 33.6 Å². The number of nitrogens with one attached hydrogen (secondary N) is 1. The summed E-state index contributed by atoms with van der Waals surface area (Å²) < 4.78 is 27.9. The Morgan fingerprint density at radius 1 is 0.618 bits per heavy atom. The fraction of sp³-hybridized carbons (Fsp3) is 0.460. The number of amides is 1. The second-order valence-electron chi connectivity index (χ2n) is 17.6. The molecule has 18 nitrogen and oxygen atoms in total. The normalized spacial score (nSPS) is 21.1. The Morgan fingerprint density at radius 3 is 1.53 bits per heavy atom. The van der Waals surface area contributed by atoms with Crippen molar-refractivity contribution in [2.24, 2.45) is 0 Å². The van der Waals surface area contributed by atoms with E-state index in [0.717, 1.165) is 76.7 Å². The van der Waals surface area contributed by atoms with Crippen molar-refractivity contribution in [3.63, 3.8) is 0 Å². The minimum Gasteiger partial charge on any atom is -0.496 e. The Kier molecular flexibility index (Phi) is 14.4. The number of carbonyl (C=O) groups excluding carboxylic acids is 1. The van der Waals surface area contributed by atoms with E-state index in [0.29, 0.717) is 87.4 Å². The van der Waals surface area contributed by atoms with Crippen molar-refractivity contribution in [2.45, 2.75) is 58.5 Å². The molecule has 4 aromatic heterocycles. The summed E-state index contributed by atoms with van der Waals surface area (Å²) in [5.74, 6) is 3.64. The maximum absolute atomic E-state index is 12.1. The van der Waals surface area contributed by atoms with Crippen molar-refractivity contribution in [1.29, 1.82) is 0 Å². The van der Waals surface area contributed by atoms with Gasteiger partial charge >= 0.3 is 0 Å². The third-order valence-corrected chi connectivity index (χ3v) is 13.0. The van der Waals surface area contributed by atoms with Crippen LogP contribution in [0.15, 0.2) is 66.7 Å². The highest BCUT2D eigenvalue weighted by Gasteiger charge is 2.30. The molecule has 6 aromatic rings. The lowest BCUT2D eigenvalue weighted by Crippen LogP contribution is -2.46. The second kappa shape index (κ2) is 20.9. The summed E-state index contributed by atoms with van der Waals surface area (Å²) in [5.41, 5.74) is 5.91. The summed E-state index contributed by atoms with van der Waals surface area (Å²) in [6.45, 7) is 16.7. The smallest absolute Gasteiger partial charge is 0.251 e. The Morgan fingerprint density at radius 2 is 1.09 bits per heavy atom. The van der Waals surface area contributed by atoms with Gasteiger partial charge in [-0.2, -0.15) is 19.9 Å². The lowest BCUT2D eigenvalue weighted by molar-refractivity contribution is 0.0962. The van der Waals surface area contributed by atoms with Crippen LogP contribution in [-0.4, -0.2) is 158 Å². The van der Waals surface area contributed by atoms with Gasteiger partial charge in [0.05, 0.1) is 113 Å². The molecule has 4 saturated heterocycles. The average molecular weight is 928 g/mol. The molecule has 2 N–H and O–H groups in total. The molecular weight excluding hydrogens is 867 g/mol. The SMILES string of the molecule is CNC(=O)c1cccc(-c2ccc3c(N4CCOC[C@@H]4C)nc(N4CCOC[C@@H]4C)nc3n2)c1.COc1ccc(-c2ccc3c(N4CCOC[C@@H]4C)nc(N4CCOC[C@@H]4C)nc3n2)cc1CO. The first kappa shape index (κ1) is 46.8. The van der Waals surface area contributed by atoms with Crippen LogP contribution in [0.4, 0.5) is 23.5 Å². The molecule has 0 radical (unpaired) electrons. The van der Waals surface area contributed by atoms with Crippen LogP contribution in [0.25, 0.3) is 44.6 Å². The zero-order valence-electron chi connectivity index (χ0n) is 39.7. The first-order chi connectivity index (χ1) is 33.1. The maximum atomic E-state index is 12.1. The highest BCUT2D eigenvalue weighted by atomic mass is 16.5. The number of rotatable bonds is 9. The number of nitrogens with zero attached hydrogens (tertiary/aromatic N) is 10. The summed E-state index contributed by atoms with van der Waals surface area (Å²) in [5, 5.41) is 14.2. The Hall–Kier alpha value is -6.31. The molecule has 8 heterocycles. The molecule has 2 aromatic carbocycles. The molecule has 0 aliphatic carbocycles. The van der Waals surface area contributed by atoms with Crippen LogP contribution in [0.1, 0.15) is 43.6 Å². The topological polar surface area (TPSA) is 186 Å². The van der Waals surface area contributed by atoms with Crippen LogP contribution in [-0.2, 0) is 25.6 Å². The van der Waals surface area contributed by atoms with Crippen molar-refractivity contribution in [1.82, 2.24) is 35.2 Å². The second-order valence-corrected chi connectivity index (χ2v) is 17.6. The van der Waals surface area contributed by atoms with Crippen LogP contribution >= 0.6 is 0 Å². The highest BCUT2D eigenvalue weighted by molar-refractivity contribution is 5.96. The van der Waals surface area contributed by atoms with Gasteiger partial charge in [0.1, 0.15) is 17.4 Å². The summed E-state index contributed by atoms with van der Waals surface area (Å²) in [7, 11) is 3.23. The predicted octanol–water partition coefficient (Wildman–Crippen LogP) is 5.14. The zero-order valence-corrected chi connectivity index (χ0v) is 39.7. The quantitative estimate of drug-likeness (QED) is 0.194. The summed E-state index contributed by atoms with van der Waals surface area (Å²) in [4.78, 5) is 50.9. The van der Waals surface area contributed by atoms with E-state index < -0.39 is 0 Å². The van der Waals surface area contributed by atoms with Crippen LogP contribution < -0.4 is 29.7 Å². The van der Waals surface area contributed by atoms with Gasteiger partial charge in [-0.05, 0) is 82.3 Å². The van der Waals surface area contributed by atoms with Gasteiger partial charge in [-0.15, -0.1) is 0 Å². The van der Waals surface area contributed by atoms with E-state index in [1.54, 1.807) is 20.2 Å². The number of fused-ring (bicyclic) bond motifs is 2. The van der Waals surface area contributed by atoms with Crippen molar-refractivity contribution >= 4 is 51.5 Å². The number of morpholine rings is 4. The van der Waals surface area contributed by atoms with Gasteiger partial charge in [0.25, 0.3) is 5.91 Å². The number of pyridine rings is 2. The average Bonchev–Trinajstić information content (AvgIpc) is 3.38. The molecule has 18 heteroatoms. The van der Waals surface area contributed by atoms with Gasteiger partial charge in [-0.1, -0.05) is 12.1 Å². The van der Waals surface area contributed by atoms with E-state index in [-0.39, 0.29) is 36.7 Å². The lowest BCUT2D eigenvalue weighted by atomic mass is 10.1. The summed E-state index contributed by atoms with van der Waals surface area (Å²) in [6, 6.07) is 22.0. The fourth-order valence-electron chi connectivity index (χ4n) is 9.14. The van der Waals surface area contributed by atoms with Crippen molar-refractivity contribution in [3.8, 4) is 28.3 Å². The van der Waals surface area contributed by atoms with E-state index in [9.17, 15) is 9.90 Å². The van der Waals surface area contributed by atoms with Crippen LogP contribution in [0.5, 0.6) is 5.75 Å². The lowest BCUT2D eigenvalue weighted by Gasteiger charge is -2.37. The number of anilines is 4. The Labute approximate surface area is 396 Å². The van der Waals surface area contributed by atoms with E-state index in [1.807, 2.05) is 60.7 Å². The number of aromatic nitrogens is 6. The third-order valence-electron chi connectivity index (χ3n) is 13.0. The summed E-state index contributed by atoms with van der Waals surface area (Å²) in [6.07, 6.45) is 0. The summed E-state index contributed by atoms with van der Waals surface area (Å²) >= 11 is 0. The molecule has 4 aliphatic rings. The molecule has 0 saturated carbocycles. The molecule has 1 amide bonds. The number of methoxy groups -OCH3 is 1. The number of hydrogen-bond donors (Lipinski definition) is 2. The van der Waals surface area contributed by atoms with E-state index >= 15 is 0 Å². The number of hydrogen-bond acceptors (Lipinski definition) is 17. The molecule has 0 unspecified atom stereocenters. The zero-order chi connectivity index (χ0) is 47.3. The molecule has 0 spiro atoms. The number of benzene rings is 2. The van der Waals surface area contributed by atoms with Crippen molar-refractivity contribution in [3.05, 3.63) is 77.9 Å². The van der Waals surface area contributed by atoms with Gasteiger partial charge in [-0.25, -0.2) is 9.97 Å². The molecule has 358 valence electrons. The van der Waals surface area contributed by atoms with E-state index in [4.69, 9.17) is 53.6 Å². The fourth-order valence-corrected chi connectivity index (χ4v) is 9.14. The molecule has 10 rings (SSSR count). The number of aliphatic hydroxyl groups is 1. The highest BCUT2D eigenvalue weighted by Crippen LogP contribution is 2.34. The number of ether oxygens (including phenoxy) is 5. The largest absolute Gasteiger partial charge is 0.496 e. The first-order valence-corrected chi connectivity index (χ1v) is 23.5. The van der Waals surface area contributed by atoms with Crippen LogP contribution in [0, 0.1) is 0 Å². The predicted molar refractivity (Wildman–Crippen MR) is 262 cm³/mol. The van der Waals surface area contributed by atoms with Crippen molar-refractivity contribution in [2.75, 3.05) is 113 Å². The van der Waals surface area contributed by atoms with Crippen LogP contribution in [0.2, 0.25) is 0 Å². The minimum atomic E-state index is -0.128. The molecule has 68 heavy (non-hydrogen) atoms. The van der Waals surface area contributed by atoms with Gasteiger partial charge in [0, 0.05) is 55.5 Å². The monoisotopic (exact) mass is 927 g/mol. The number of aliphatic hydroxyl groups excluding tert-OH is 1. The molecule has 4 atom stereocenters. The van der Waals surface area contributed by atoms with Gasteiger partial charge in [0.15, 0.2) is 11.3 Å². The third kappa shape index (κ3) is 9.82. The number of carbonyl (C=O) groups is 1. The Bertz CT molecular complexity index is 2750. The minimum absolute atomic E-state index is 0.106. The molecule has 0 bridgehead atoms. The van der Waals surface area contributed by atoms with Gasteiger partial charge in [0.2, 0.25) is 11.9 Å². The molecule has 4 fully saturated rings.